The van der Waals surface area contributed by atoms with Crippen LogP contribution in [-0.4, -0.2) is 49.1 Å². The lowest BCUT2D eigenvalue weighted by Crippen LogP contribution is -2.39. The average Bonchev–Trinajstić information content (AvgIpc) is 2.73. The van der Waals surface area contributed by atoms with Crippen molar-refractivity contribution in [3.05, 3.63) is 33.1 Å². The number of alkyl halides is 2. The summed E-state index contributed by atoms with van der Waals surface area (Å²) in [5.41, 5.74) is -5.16. The van der Waals surface area contributed by atoms with Crippen LogP contribution in [0.5, 0.6) is 0 Å². The monoisotopic (exact) mass is 292 g/mol. The molecule has 5 atom stereocenters. The fourth-order valence-corrected chi connectivity index (χ4v) is 3.09. The molecule has 1 aromatic rings. The van der Waals surface area contributed by atoms with Crippen LogP contribution in [0.1, 0.15) is 6.23 Å². The molecule has 2 aliphatic rings. The van der Waals surface area contributed by atoms with Crippen LogP contribution in [0.2, 0.25) is 0 Å². The SMILES string of the molecule is O=c1ccn(C2OC3(CO)C(Cl)C3(O)C2F)c(=O)[nH]1. The van der Waals surface area contributed by atoms with E-state index in [0.717, 1.165) is 16.8 Å². The van der Waals surface area contributed by atoms with E-state index in [0.29, 0.717) is 0 Å². The molecular weight excluding hydrogens is 283 g/mol. The summed E-state index contributed by atoms with van der Waals surface area (Å²) in [6.07, 6.45) is -2.39. The van der Waals surface area contributed by atoms with Crippen LogP contribution >= 0.6 is 11.6 Å². The van der Waals surface area contributed by atoms with E-state index < -0.39 is 46.8 Å². The van der Waals surface area contributed by atoms with Crippen LogP contribution in [0.25, 0.3) is 0 Å². The molecule has 5 unspecified atom stereocenters. The van der Waals surface area contributed by atoms with E-state index in [2.05, 4.69) is 0 Å². The molecule has 2 heterocycles. The number of rotatable bonds is 2. The maximum absolute atomic E-state index is 14.2. The standard InChI is InChI=1S/C10H10ClFN2O5/c11-7-9(3-15)10(7,18)5(12)6(19-9)14-2-1-4(16)13-8(14)17/h1-2,5-7,15,18H,3H2,(H,13,16,17). The number of hydrogen-bond donors (Lipinski definition) is 3. The van der Waals surface area contributed by atoms with Gasteiger partial charge in [-0.1, -0.05) is 0 Å². The highest BCUT2D eigenvalue weighted by Crippen LogP contribution is 2.65. The Morgan fingerprint density at radius 2 is 2.26 bits per heavy atom. The number of hydrogen-bond acceptors (Lipinski definition) is 5. The molecule has 0 spiro atoms. The number of fused-ring (bicyclic) bond motifs is 1. The molecule has 0 aromatic carbocycles. The van der Waals surface area contributed by atoms with Gasteiger partial charge in [0.05, 0.1) is 6.61 Å². The molecule has 7 nitrogen and oxygen atoms in total. The Kier molecular flexibility index (Phi) is 2.47. The molecule has 0 amide bonds. The topological polar surface area (TPSA) is 105 Å². The second-order valence-electron chi connectivity index (χ2n) is 4.66. The summed E-state index contributed by atoms with van der Waals surface area (Å²) in [5, 5.41) is 18.2. The molecule has 0 bridgehead atoms. The van der Waals surface area contributed by atoms with Gasteiger partial charge in [-0.15, -0.1) is 11.6 Å². The number of aliphatic hydroxyl groups is 2. The first-order chi connectivity index (χ1) is 8.88. The van der Waals surface area contributed by atoms with Crippen LogP contribution in [0, 0.1) is 0 Å². The van der Waals surface area contributed by atoms with Gasteiger partial charge in [0.2, 0.25) is 0 Å². The van der Waals surface area contributed by atoms with Gasteiger partial charge in [-0.25, -0.2) is 9.18 Å². The van der Waals surface area contributed by atoms with Gasteiger partial charge in [0.25, 0.3) is 5.56 Å². The van der Waals surface area contributed by atoms with E-state index in [-0.39, 0.29) is 0 Å². The highest BCUT2D eigenvalue weighted by molar-refractivity contribution is 6.25. The van der Waals surface area contributed by atoms with Gasteiger partial charge in [-0.3, -0.25) is 14.3 Å². The van der Waals surface area contributed by atoms with E-state index in [4.69, 9.17) is 16.3 Å². The summed E-state index contributed by atoms with van der Waals surface area (Å²) >= 11 is 5.74. The van der Waals surface area contributed by atoms with E-state index in [1.54, 1.807) is 0 Å². The zero-order valence-electron chi connectivity index (χ0n) is 9.42. The normalized spacial score (nSPS) is 44.1. The third-order valence-corrected chi connectivity index (χ3v) is 4.44. The molecule has 1 aliphatic carbocycles. The molecule has 19 heavy (non-hydrogen) atoms. The number of halogens is 2. The first kappa shape index (κ1) is 12.8. The largest absolute Gasteiger partial charge is 0.393 e. The van der Waals surface area contributed by atoms with E-state index in [9.17, 15) is 24.2 Å². The van der Waals surface area contributed by atoms with E-state index >= 15 is 0 Å². The van der Waals surface area contributed by atoms with Crippen molar-refractivity contribution in [2.24, 2.45) is 0 Å². The molecule has 3 N–H and O–H groups in total. The maximum atomic E-state index is 14.2. The van der Waals surface area contributed by atoms with Gasteiger partial charge in [0, 0.05) is 12.3 Å². The Morgan fingerprint density at radius 1 is 1.58 bits per heavy atom. The summed E-state index contributed by atoms with van der Waals surface area (Å²) < 4.78 is 20.3. The third-order valence-electron chi connectivity index (χ3n) is 3.75. The van der Waals surface area contributed by atoms with Crippen molar-refractivity contribution in [3.63, 3.8) is 0 Å². The quantitative estimate of drug-likeness (QED) is 0.575. The Bertz CT molecular complexity index is 643. The molecule has 3 rings (SSSR count). The second-order valence-corrected chi connectivity index (χ2v) is 5.10. The van der Waals surface area contributed by atoms with Gasteiger partial charge < -0.3 is 14.9 Å². The van der Waals surface area contributed by atoms with Crippen molar-refractivity contribution < 1.29 is 19.3 Å². The lowest BCUT2D eigenvalue weighted by Gasteiger charge is -2.21. The van der Waals surface area contributed by atoms with E-state index in [1.807, 2.05) is 4.98 Å². The van der Waals surface area contributed by atoms with Crippen LogP contribution in [0.4, 0.5) is 4.39 Å². The predicted octanol–water partition coefficient (Wildman–Crippen LogP) is -1.51. The van der Waals surface area contributed by atoms with Gasteiger partial charge in [0.15, 0.2) is 18.0 Å². The summed E-state index contributed by atoms with van der Waals surface area (Å²) in [5.74, 6) is 0. The molecular formula is C10H10ClFN2O5. The number of aromatic nitrogens is 2. The summed E-state index contributed by atoms with van der Waals surface area (Å²) in [6, 6.07) is 1.02. The van der Waals surface area contributed by atoms with Crippen molar-refractivity contribution in [2.45, 2.75) is 29.0 Å². The molecule has 9 heteroatoms. The van der Waals surface area contributed by atoms with Gasteiger partial charge in [-0.05, 0) is 0 Å². The lowest BCUT2D eigenvalue weighted by atomic mass is 10.1. The number of aliphatic hydroxyl groups excluding tert-OH is 1. The average molecular weight is 293 g/mol. The minimum atomic E-state index is -2.04. The zero-order chi connectivity index (χ0) is 14.0. The first-order valence-corrected chi connectivity index (χ1v) is 5.93. The Labute approximate surface area is 110 Å². The number of ether oxygens (including phenoxy) is 1. The maximum Gasteiger partial charge on any atom is 0.330 e. The van der Waals surface area contributed by atoms with E-state index in [1.165, 1.54) is 0 Å². The van der Waals surface area contributed by atoms with Gasteiger partial charge >= 0.3 is 5.69 Å². The lowest BCUT2D eigenvalue weighted by molar-refractivity contribution is -0.0780. The van der Waals surface area contributed by atoms with Gasteiger partial charge in [-0.2, -0.15) is 0 Å². The highest BCUT2D eigenvalue weighted by atomic mass is 35.5. The highest BCUT2D eigenvalue weighted by Gasteiger charge is 2.87. The summed E-state index contributed by atoms with van der Waals surface area (Å²) in [4.78, 5) is 24.4. The first-order valence-electron chi connectivity index (χ1n) is 5.49. The minimum Gasteiger partial charge on any atom is -0.393 e. The number of H-pyrrole nitrogens is 1. The van der Waals surface area contributed by atoms with Crippen LogP contribution in [0.3, 0.4) is 0 Å². The fraction of sp³-hybridized carbons (Fsp3) is 0.600. The Morgan fingerprint density at radius 3 is 2.79 bits per heavy atom. The van der Waals surface area contributed by atoms with Crippen molar-refractivity contribution in [1.82, 2.24) is 9.55 Å². The third kappa shape index (κ3) is 1.32. The molecule has 2 fully saturated rings. The Hall–Kier alpha value is -1.22. The van der Waals surface area contributed by atoms with Crippen LogP contribution in [0.15, 0.2) is 21.9 Å². The Balaban J connectivity index is 2.02. The number of nitrogens with zero attached hydrogens (tertiary/aromatic N) is 1. The van der Waals surface area contributed by atoms with Crippen molar-refractivity contribution >= 4 is 11.6 Å². The molecule has 1 aliphatic heterocycles. The van der Waals surface area contributed by atoms with Crippen LogP contribution in [-0.2, 0) is 4.74 Å². The van der Waals surface area contributed by atoms with Crippen molar-refractivity contribution in [2.75, 3.05) is 6.61 Å². The van der Waals surface area contributed by atoms with Crippen LogP contribution < -0.4 is 11.2 Å². The van der Waals surface area contributed by atoms with Crippen molar-refractivity contribution in [3.8, 4) is 0 Å². The minimum absolute atomic E-state index is 0.634. The zero-order valence-corrected chi connectivity index (χ0v) is 10.2. The molecule has 0 radical (unpaired) electrons. The molecule has 1 saturated carbocycles. The predicted molar refractivity (Wildman–Crippen MR) is 60.7 cm³/mol. The number of aromatic amines is 1. The summed E-state index contributed by atoms with van der Waals surface area (Å²) in [7, 11) is 0. The second kappa shape index (κ2) is 3.66. The van der Waals surface area contributed by atoms with Gasteiger partial charge in [0.1, 0.15) is 11.0 Å². The molecule has 1 aromatic heterocycles. The summed E-state index contributed by atoms with van der Waals surface area (Å²) in [6.45, 7) is -0.674. The molecule has 1 saturated heterocycles. The molecule has 104 valence electrons. The number of nitrogens with one attached hydrogen (secondary N) is 1. The fourth-order valence-electron chi connectivity index (χ4n) is 2.56. The smallest absolute Gasteiger partial charge is 0.330 e. The van der Waals surface area contributed by atoms with Crippen molar-refractivity contribution in [1.29, 1.82) is 0 Å².